The Labute approximate surface area is 176 Å². The van der Waals surface area contributed by atoms with E-state index in [0.29, 0.717) is 29.2 Å². The molecule has 1 unspecified atom stereocenters. The molecule has 0 saturated carbocycles. The maximum Gasteiger partial charge on any atom is 0.279 e. The third kappa shape index (κ3) is 6.89. The van der Waals surface area contributed by atoms with E-state index in [-0.39, 0.29) is 30.8 Å². The lowest BCUT2D eigenvalue weighted by atomic mass is 10.2. The summed E-state index contributed by atoms with van der Waals surface area (Å²) in [5.41, 5.74) is 1.80. The van der Waals surface area contributed by atoms with Crippen LogP contribution in [0.3, 0.4) is 0 Å². The molecule has 3 amide bonds. The molecule has 160 valence electrons. The summed E-state index contributed by atoms with van der Waals surface area (Å²) >= 11 is 0. The van der Waals surface area contributed by atoms with E-state index in [2.05, 4.69) is 10.6 Å². The molecule has 0 aliphatic heterocycles. The molecule has 0 aromatic heterocycles. The Hall–Kier alpha value is -3.39. The maximum atomic E-state index is 12.4. The number of nitrogens with zero attached hydrogens (tertiary/aromatic N) is 1. The molecule has 8 nitrogen and oxygen atoms in total. The number of carbonyl (C=O) groups excluding carboxylic acids is 3. The Bertz CT molecular complexity index is 881. The molecule has 0 aliphatic carbocycles. The minimum atomic E-state index is -0.201. The van der Waals surface area contributed by atoms with Crippen LogP contribution in [0.15, 0.2) is 48.5 Å². The molecule has 0 heterocycles. The number of methoxy groups -OCH3 is 1. The topological polar surface area (TPSA) is 92.2 Å². The van der Waals surface area contributed by atoms with E-state index in [1.165, 1.54) is 4.90 Å². The van der Waals surface area contributed by atoms with E-state index in [9.17, 15) is 14.4 Å². The summed E-state index contributed by atoms with van der Waals surface area (Å²) in [6.45, 7) is 2.86. The van der Waals surface area contributed by atoms with E-state index in [1.807, 2.05) is 6.92 Å². The number of ether oxygens (including phenoxy) is 1. The zero-order chi connectivity index (χ0) is 22.1. The number of hydrogen-bond acceptors (Lipinski definition) is 4. The van der Waals surface area contributed by atoms with Gasteiger partial charge in [0.1, 0.15) is 5.75 Å². The van der Waals surface area contributed by atoms with Crippen LogP contribution in [0, 0.1) is 0 Å². The molecule has 0 fully saturated rings. The monoisotopic (exact) mass is 413 g/mol. The van der Waals surface area contributed by atoms with Crippen molar-refractivity contribution in [3.8, 4) is 5.75 Å². The number of anilines is 2. The van der Waals surface area contributed by atoms with Gasteiger partial charge in [0.05, 0.1) is 13.7 Å². The van der Waals surface area contributed by atoms with Gasteiger partial charge >= 0.3 is 0 Å². The minimum absolute atomic E-state index is 0.100. The van der Waals surface area contributed by atoms with Gasteiger partial charge in [0.25, 0.3) is 17.7 Å². The van der Waals surface area contributed by atoms with Gasteiger partial charge in [0.15, 0.2) is 13.1 Å². The van der Waals surface area contributed by atoms with E-state index in [0.717, 1.165) is 4.90 Å². The Morgan fingerprint density at radius 2 is 1.53 bits per heavy atom. The van der Waals surface area contributed by atoms with Crippen molar-refractivity contribution in [1.29, 1.82) is 0 Å². The summed E-state index contributed by atoms with van der Waals surface area (Å²) in [5.74, 6) is 0.175. The van der Waals surface area contributed by atoms with Crippen molar-refractivity contribution < 1.29 is 24.0 Å². The van der Waals surface area contributed by atoms with E-state index in [4.69, 9.17) is 4.74 Å². The number of rotatable bonds is 9. The van der Waals surface area contributed by atoms with Crippen LogP contribution in [0.4, 0.5) is 11.4 Å². The largest absolute Gasteiger partial charge is 0.497 e. The Kier molecular flexibility index (Phi) is 8.37. The number of benzene rings is 2. The molecule has 1 atom stereocenters. The van der Waals surface area contributed by atoms with Crippen molar-refractivity contribution in [2.45, 2.75) is 6.92 Å². The minimum Gasteiger partial charge on any atom is -0.497 e. The summed E-state index contributed by atoms with van der Waals surface area (Å²) in [5, 5.41) is 5.63. The predicted molar refractivity (Wildman–Crippen MR) is 116 cm³/mol. The van der Waals surface area contributed by atoms with Crippen LogP contribution in [0.25, 0.3) is 0 Å². The first-order chi connectivity index (χ1) is 14.3. The molecular weight excluding hydrogens is 384 g/mol. The van der Waals surface area contributed by atoms with Crippen molar-refractivity contribution in [3.63, 3.8) is 0 Å². The zero-order valence-electron chi connectivity index (χ0n) is 17.8. The van der Waals surface area contributed by atoms with Gasteiger partial charge in [0, 0.05) is 37.1 Å². The smallest absolute Gasteiger partial charge is 0.279 e. The number of nitrogens with one attached hydrogen (secondary N) is 3. The molecule has 2 aromatic rings. The molecule has 30 heavy (non-hydrogen) atoms. The normalized spacial score (nSPS) is 11.3. The summed E-state index contributed by atoms with van der Waals surface area (Å²) in [6.07, 6.45) is 0. The second-order valence-corrected chi connectivity index (χ2v) is 7.06. The van der Waals surface area contributed by atoms with Gasteiger partial charge in [-0.3, -0.25) is 14.4 Å². The third-order valence-electron chi connectivity index (χ3n) is 4.50. The SMILES string of the molecule is CC[NH+](CC(=O)Nc1ccc(C(=O)N(C)C)cc1)CC(=O)Nc1cccc(OC)c1. The van der Waals surface area contributed by atoms with Gasteiger partial charge in [-0.1, -0.05) is 6.07 Å². The lowest BCUT2D eigenvalue weighted by Crippen LogP contribution is -3.13. The first-order valence-electron chi connectivity index (χ1n) is 9.71. The first-order valence-corrected chi connectivity index (χ1v) is 9.71. The highest BCUT2D eigenvalue weighted by Gasteiger charge is 2.17. The summed E-state index contributed by atoms with van der Waals surface area (Å²) in [6, 6.07) is 13.8. The highest BCUT2D eigenvalue weighted by atomic mass is 16.5. The molecule has 0 aliphatic rings. The van der Waals surface area contributed by atoms with Crippen molar-refractivity contribution in [1.82, 2.24) is 4.90 Å². The van der Waals surface area contributed by atoms with Gasteiger partial charge in [-0.15, -0.1) is 0 Å². The standard InChI is InChI=1S/C22H28N4O4/c1-5-26(15-21(28)24-18-7-6-8-19(13-18)30-4)14-20(27)23-17-11-9-16(10-12-17)22(29)25(2)3/h6-13H,5,14-15H2,1-4H3,(H,23,27)(H,24,28)/p+1. The number of likely N-dealkylation sites (N-methyl/N-ethyl adjacent to an activating group) is 1. The lowest BCUT2D eigenvalue weighted by Gasteiger charge is -2.17. The molecule has 0 bridgehead atoms. The van der Waals surface area contributed by atoms with Gasteiger partial charge < -0.3 is 25.2 Å². The van der Waals surface area contributed by atoms with Crippen molar-refractivity contribution >= 4 is 29.1 Å². The molecule has 2 aromatic carbocycles. The van der Waals surface area contributed by atoms with Crippen molar-refractivity contribution in [2.75, 3.05) is 51.5 Å². The second-order valence-electron chi connectivity index (χ2n) is 7.06. The lowest BCUT2D eigenvalue weighted by molar-refractivity contribution is -0.881. The van der Waals surface area contributed by atoms with Gasteiger partial charge in [0.2, 0.25) is 0 Å². The van der Waals surface area contributed by atoms with Gasteiger partial charge in [-0.05, 0) is 43.3 Å². The molecule has 8 heteroatoms. The number of quaternary nitrogens is 1. The highest BCUT2D eigenvalue weighted by molar-refractivity contribution is 5.96. The van der Waals surface area contributed by atoms with Crippen molar-refractivity contribution in [3.05, 3.63) is 54.1 Å². The number of hydrogen-bond donors (Lipinski definition) is 3. The molecule has 3 N–H and O–H groups in total. The summed E-state index contributed by atoms with van der Waals surface area (Å²) in [4.78, 5) is 39.0. The fraction of sp³-hybridized carbons (Fsp3) is 0.318. The average molecular weight is 413 g/mol. The predicted octanol–water partition coefficient (Wildman–Crippen LogP) is 0.879. The highest BCUT2D eigenvalue weighted by Crippen LogP contribution is 2.16. The van der Waals surface area contributed by atoms with Crippen LogP contribution in [-0.2, 0) is 9.59 Å². The Balaban J connectivity index is 1.87. The first kappa shape index (κ1) is 22.9. The number of carbonyl (C=O) groups is 3. The second kappa shape index (κ2) is 11.0. The van der Waals surface area contributed by atoms with Gasteiger partial charge in [-0.25, -0.2) is 0 Å². The number of amides is 3. The molecular formula is C22H29N4O4+. The van der Waals surface area contributed by atoms with Crippen LogP contribution in [0.2, 0.25) is 0 Å². The van der Waals surface area contributed by atoms with E-state index < -0.39 is 0 Å². The zero-order valence-corrected chi connectivity index (χ0v) is 17.8. The fourth-order valence-corrected chi connectivity index (χ4v) is 2.83. The van der Waals surface area contributed by atoms with E-state index in [1.54, 1.807) is 69.7 Å². The average Bonchev–Trinajstić information content (AvgIpc) is 2.73. The quantitative estimate of drug-likeness (QED) is 0.569. The summed E-state index contributed by atoms with van der Waals surface area (Å²) < 4.78 is 5.15. The summed E-state index contributed by atoms with van der Waals surface area (Å²) in [7, 11) is 4.94. The third-order valence-corrected chi connectivity index (χ3v) is 4.50. The van der Waals surface area contributed by atoms with Crippen LogP contribution in [0.1, 0.15) is 17.3 Å². The molecule has 0 saturated heterocycles. The Morgan fingerprint density at radius 1 is 0.933 bits per heavy atom. The maximum absolute atomic E-state index is 12.4. The van der Waals surface area contributed by atoms with Gasteiger partial charge in [-0.2, -0.15) is 0 Å². The Morgan fingerprint density at radius 3 is 2.07 bits per heavy atom. The van der Waals surface area contributed by atoms with Crippen LogP contribution >= 0.6 is 0 Å². The van der Waals surface area contributed by atoms with E-state index >= 15 is 0 Å². The molecule has 0 spiro atoms. The fourth-order valence-electron chi connectivity index (χ4n) is 2.83. The molecule has 2 rings (SSSR count). The van der Waals surface area contributed by atoms with Crippen LogP contribution in [0.5, 0.6) is 5.75 Å². The van der Waals surface area contributed by atoms with Crippen LogP contribution < -0.4 is 20.3 Å². The van der Waals surface area contributed by atoms with Crippen LogP contribution in [-0.4, -0.2) is 63.5 Å². The van der Waals surface area contributed by atoms with Crippen molar-refractivity contribution in [2.24, 2.45) is 0 Å². The molecule has 0 radical (unpaired) electrons.